The van der Waals surface area contributed by atoms with Gasteiger partial charge in [-0.15, -0.1) is 0 Å². The predicted octanol–water partition coefficient (Wildman–Crippen LogP) is 37.2. The zero-order valence-corrected chi connectivity index (χ0v) is 86.2. The average molecular weight is 1870 g/mol. The van der Waals surface area contributed by atoms with Crippen LogP contribution in [0.2, 0.25) is 0 Å². The molecule has 0 spiro atoms. The van der Waals surface area contributed by atoms with E-state index in [0.29, 0.717) is 32.1 Å². The first-order valence-electron chi connectivity index (χ1n) is 52.4. The number of carboxylic acids is 7. The quantitative estimate of drug-likeness (QED) is 0.0221. The Morgan fingerprint density at radius 2 is 0.259 bits per heavy atom. The third-order valence-corrected chi connectivity index (χ3v) is 19.4. The van der Waals surface area contributed by atoms with E-state index in [2.05, 4.69) is 304 Å². The average Bonchev–Trinajstić information content (AvgIpc) is 1.11. The van der Waals surface area contributed by atoms with Crippen molar-refractivity contribution in [2.24, 2.45) is 0 Å². The fourth-order valence-electron chi connectivity index (χ4n) is 11.7. The zero-order chi connectivity index (χ0) is 101. The van der Waals surface area contributed by atoms with Crippen LogP contribution in [0.5, 0.6) is 0 Å². The lowest BCUT2D eigenvalue weighted by Gasteiger charge is -1.98. The molecule has 0 radical (unpaired) electrons. The van der Waals surface area contributed by atoms with Crippen molar-refractivity contribution in [3.05, 3.63) is 279 Å². The summed E-state index contributed by atoms with van der Waals surface area (Å²) in [6.07, 6.45) is 159. The number of hydrogen-bond acceptors (Lipinski definition) is 7. The molecule has 764 valence electrons. The predicted molar refractivity (Wildman–Crippen MR) is 585 cm³/mol. The van der Waals surface area contributed by atoms with Gasteiger partial charge in [0.2, 0.25) is 0 Å². The van der Waals surface area contributed by atoms with Gasteiger partial charge in [0.15, 0.2) is 0 Å². The van der Waals surface area contributed by atoms with Crippen LogP contribution in [-0.4, -0.2) is 77.5 Å². The molecule has 0 bridgehead atoms. The fourth-order valence-corrected chi connectivity index (χ4v) is 11.7. The van der Waals surface area contributed by atoms with E-state index >= 15 is 0 Å². The van der Waals surface area contributed by atoms with E-state index < -0.39 is 41.8 Å². The molecule has 14 nitrogen and oxygen atoms in total. The number of unbranched alkanes of at least 4 members (excludes halogenated alkanes) is 24. The number of carbonyl (C=O) groups is 7. The lowest BCUT2D eigenvalue weighted by molar-refractivity contribution is -0.138. The molecule has 0 aromatic carbocycles. The van der Waals surface area contributed by atoms with Gasteiger partial charge in [0.1, 0.15) is 0 Å². The normalized spacial score (nSPS) is 12.2. The van der Waals surface area contributed by atoms with Crippen molar-refractivity contribution < 1.29 is 69.3 Å². The molecule has 0 unspecified atom stereocenters. The monoisotopic (exact) mass is 1870 g/mol. The van der Waals surface area contributed by atoms with Gasteiger partial charge in [-0.25, -0.2) is 0 Å². The smallest absolute Gasteiger partial charge is 0.303 e. The second-order valence-corrected chi connectivity index (χ2v) is 32.6. The highest BCUT2D eigenvalue weighted by Gasteiger charge is 2.01. The molecular formula is C121H196O14. The third kappa shape index (κ3) is 171. The van der Waals surface area contributed by atoms with E-state index in [4.69, 9.17) is 35.7 Å². The maximum Gasteiger partial charge on any atom is 0.303 e. The molecule has 0 rings (SSSR count). The highest BCUT2D eigenvalue weighted by molar-refractivity contribution is 5.68. The summed E-state index contributed by atoms with van der Waals surface area (Å²) >= 11 is 0. The highest BCUT2D eigenvalue weighted by atomic mass is 16.4. The van der Waals surface area contributed by atoms with E-state index in [1.165, 1.54) is 109 Å². The third-order valence-electron chi connectivity index (χ3n) is 19.4. The van der Waals surface area contributed by atoms with Gasteiger partial charge >= 0.3 is 41.8 Å². The molecule has 0 aromatic rings. The standard InChI is InChI=1S/C22H32O2.C20H30O2.C18H30O2.C17H30O2.C16H30O2.C16H24O2.C12H20O2/c1-2-3-4-5-6-7-8-9-10-11-12-13-14-15-16-17-18-19-20-21-22(23)24;1-2-3-4-5-6-7-8-9-10-11-12-13-14-15-16-17-18-19-20(21)22;1-2-3-4-5-6-7-8-9-10-11-12-13-14-15-16-17-18(19)20;1-2-3-4-5-6-7-8-9-10-11-12-13-14-15-16-17(18)19;2*1-2-3-4-5-6-7-8-9-10-11-12-13-14-15-16(17)18;1-2-3-4-5-6-7-8-9-10-11-12(13)14/h3-4,6-7,9-10,12-13,15-16,18-19H,2,5,8,11,14,17,20-21H2,1H3,(H,23,24);3-4,6-7,9-10,12-13,15-16H,2,5,8,11,14,17-19H2,1H3,(H,21,22);3-4,6-7,9-10H,2,5,8,11-17H2,1H3,(H,19,20);6-7,9-10H,2-5,8,11-16H2,1H3,(H,18,19);7-8H,2-6,9-15H2,1H3,(H,17,18);3-4,6-7,9-10,12-13H,2,5,8,11,14-15H2,1H3,(H,17,18);4-5,7-8H,2-3,6,9-11H2,1H3,(H,13,14)/b4-3-,7-6-,10-9-,13-12-,16-15-,19-18-;4-3-,7-6-,10-9-,13-12-,16-15-;4-3-,7-6-,10-9-;7-6-,10-9-;8-7-;4-3-,7-6-,10-9-,13-12-;5-4-,8-7-. The molecule has 0 fully saturated rings. The van der Waals surface area contributed by atoms with Crippen LogP contribution in [0.4, 0.5) is 0 Å². The summed E-state index contributed by atoms with van der Waals surface area (Å²) in [6, 6.07) is 0. The van der Waals surface area contributed by atoms with E-state index in [0.717, 1.165) is 225 Å². The van der Waals surface area contributed by atoms with Crippen LogP contribution in [-0.2, 0) is 33.6 Å². The Kier molecular flexibility index (Phi) is 138. The van der Waals surface area contributed by atoms with E-state index in [-0.39, 0.29) is 25.7 Å². The van der Waals surface area contributed by atoms with Crippen LogP contribution in [0.15, 0.2) is 279 Å². The molecule has 0 aliphatic heterocycles. The summed E-state index contributed by atoms with van der Waals surface area (Å²) in [4.78, 5) is 71.9. The number of allylic oxidation sites excluding steroid dienone is 46. The van der Waals surface area contributed by atoms with Gasteiger partial charge in [0, 0.05) is 44.9 Å². The SMILES string of the molecule is CC/C=C\C/C=C\C/C=C\C/C=C\C/C=C\C/C=C\CCC(=O)O.CC/C=C\C/C=C\C/C=C\C/C=C\C/C=C\CCCC(=O)O.CC/C=C\C/C=C\C/C=C\C/C=C\CCC(=O)O.CC/C=C\C/C=C\C/C=C\CCCCCCCC(=O)O.CCC/C=C\C/C=C\CCCC(=O)O.CCCCC/C=C\C/C=C\CCCCCCC(=O)O.CCCCCC/C=C\CCCCCCCC(=O)O. The largest absolute Gasteiger partial charge is 0.481 e. The maximum absolute atomic E-state index is 10.3. The Morgan fingerprint density at radius 3 is 0.452 bits per heavy atom. The van der Waals surface area contributed by atoms with Gasteiger partial charge in [-0.1, -0.05) is 418 Å². The number of aliphatic carboxylic acids is 7. The first-order chi connectivity index (χ1) is 65.9. The van der Waals surface area contributed by atoms with Crippen molar-refractivity contribution in [3.8, 4) is 0 Å². The molecule has 0 atom stereocenters. The van der Waals surface area contributed by atoms with Crippen molar-refractivity contribution in [1.82, 2.24) is 0 Å². The van der Waals surface area contributed by atoms with Gasteiger partial charge in [0.05, 0.1) is 0 Å². The lowest BCUT2D eigenvalue weighted by atomic mass is 10.1. The van der Waals surface area contributed by atoms with Crippen LogP contribution in [0.1, 0.15) is 440 Å². The lowest BCUT2D eigenvalue weighted by Crippen LogP contribution is -1.93. The minimum atomic E-state index is -0.741. The van der Waals surface area contributed by atoms with Gasteiger partial charge in [-0.2, -0.15) is 0 Å². The Labute approximate surface area is 825 Å². The zero-order valence-electron chi connectivity index (χ0n) is 86.2. The second kappa shape index (κ2) is 135. The van der Waals surface area contributed by atoms with Crippen molar-refractivity contribution in [1.29, 1.82) is 0 Å². The number of hydrogen-bond donors (Lipinski definition) is 7. The minimum Gasteiger partial charge on any atom is -0.481 e. The van der Waals surface area contributed by atoms with Crippen molar-refractivity contribution in [2.45, 2.75) is 440 Å². The number of rotatable bonds is 84. The van der Waals surface area contributed by atoms with Gasteiger partial charge in [-0.3, -0.25) is 33.6 Å². The summed E-state index contributed by atoms with van der Waals surface area (Å²) in [5.41, 5.74) is 0. The molecule has 0 heterocycles. The summed E-state index contributed by atoms with van der Waals surface area (Å²) < 4.78 is 0. The van der Waals surface area contributed by atoms with Crippen LogP contribution in [0.25, 0.3) is 0 Å². The summed E-state index contributed by atoms with van der Waals surface area (Å²) in [6.45, 7) is 15.2. The topological polar surface area (TPSA) is 261 Å². The first kappa shape index (κ1) is 138. The Bertz CT molecular complexity index is 3330. The molecule has 14 heteroatoms. The van der Waals surface area contributed by atoms with Crippen LogP contribution in [0, 0.1) is 0 Å². The second-order valence-electron chi connectivity index (χ2n) is 32.6. The van der Waals surface area contributed by atoms with E-state index in [1.54, 1.807) is 0 Å². The van der Waals surface area contributed by atoms with Crippen molar-refractivity contribution >= 4 is 41.8 Å². The van der Waals surface area contributed by atoms with Crippen molar-refractivity contribution in [2.75, 3.05) is 0 Å². The summed E-state index contributed by atoms with van der Waals surface area (Å²) in [7, 11) is 0. The molecule has 7 N–H and O–H groups in total. The fraction of sp³-hybridized carbons (Fsp3) is 0.562. The summed E-state index contributed by atoms with van der Waals surface area (Å²) in [5.74, 6) is -4.92. The molecule has 0 amide bonds. The van der Waals surface area contributed by atoms with E-state index in [9.17, 15) is 33.6 Å². The molecule has 0 aliphatic rings. The molecule has 0 saturated heterocycles. The molecule has 0 saturated carbocycles. The molecule has 0 aromatic heterocycles. The van der Waals surface area contributed by atoms with Gasteiger partial charge in [0.25, 0.3) is 0 Å². The molecule has 135 heavy (non-hydrogen) atoms. The van der Waals surface area contributed by atoms with Gasteiger partial charge < -0.3 is 35.7 Å². The van der Waals surface area contributed by atoms with Gasteiger partial charge in [-0.05, 0) is 257 Å². The Hall–Kier alpha value is -9.69. The van der Waals surface area contributed by atoms with E-state index in [1.807, 2.05) is 24.3 Å². The Balaban J connectivity index is -0.000000285. The van der Waals surface area contributed by atoms with Crippen LogP contribution in [0.3, 0.4) is 0 Å². The van der Waals surface area contributed by atoms with Crippen molar-refractivity contribution in [3.63, 3.8) is 0 Å². The first-order valence-corrected chi connectivity index (χ1v) is 52.4. The highest BCUT2D eigenvalue weighted by Crippen LogP contribution is 2.13. The molecular weight excluding hydrogens is 1680 g/mol. The maximum atomic E-state index is 10.3. The number of carboxylic acid groups (broad SMARTS) is 7. The van der Waals surface area contributed by atoms with Crippen LogP contribution >= 0.6 is 0 Å². The van der Waals surface area contributed by atoms with Crippen LogP contribution < -0.4 is 0 Å². The minimum absolute atomic E-state index is 0.210. The Morgan fingerprint density at radius 1 is 0.126 bits per heavy atom. The molecule has 0 aliphatic carbocycles. The summed E-state index contributed by atoms with van der Waals surface area (Å²) in [5, 5.41) is 59.3.